The van der Waals surface area contributed by atoms with Crippen molar-refractivity contribution in [3.8, 4) is 0 Å². The first-order valence-corrected chi connectivity index (χ1v) is 47.8. The second kappa shape index (κ2) is 75.7. The monoisotopic (exact) mass is 1550 g/mol. The van der Waals surface area contributed by atoms with Crippen molar-refractivity contribution in [2.75, 3.05) is 39.6 Å². The van der Waals surface area contributed by atoms with Gasteiger partial charge in [0.05, 0.1) is 26.4 Å². The molecule has 0 aromatic carbocycles. The van der Waals surface area contributed by atoms with Gasteiger partial charge in [-0.25, -0.2) is 9.13 Å². The van der Waals surface area contributed by atoms with Crippen molar-refractivity contribution >= 4 is 39.5 Å². The maximum absolute atomic E-state index is 13.1. The van der Waals surface area contributed by atoms with Gasteiger partial charge >= 0.3 is 39.5 Å². The molecule has 0 bridgehead atoms. The lowest BCUT2D eigenvalue weighted by Crippen LogP contribution is -2.30. The van der Waals surface area contributed by atoms with E-state index < -0.39 is 97.5 Å². The fraction of sp³-hybridized carbons (Fsp3) is 0.954. The van der Waals surface area contributed by atoms with E-state index >= 15 is 0 Å². The van der Waals surface area contributed by atoms with Crippen LogP contribution in [-0.4, -0.2) is 96.7 Å². The van der Waals surface area contributed by atoms with Crippen LogP contribution in [0.25, 0.3) is 0 Å². The predicted molar refractivity (Wildman–Crippen MR) is 437 cm³/mol. The zero-order valence-electron chi connectivity index (χ0n) is 70.1. The molecule has 0 heterocycles. The highest BCUT2D eigenvalue weighted by molar-refractivity contribution is 7.47. The average Bonchev–Trinajstić information content (AvgIpc) is 1.09. The van der Waals surface area contributed by atoms with Crippen LogP contribution in [0.3, 0.4) is 0 Å². The van der Waals surface area contributed by atoms with Gasteiger partial charge in [-0.3, -0.25) is 37.3 Å². The molecule has 0 saturated carbocycles. The normalized spacial score (nSPS) is 14.4. The molecule has 0 radical (unpaired) electrons. The van der Waals surface area contributed by atoms with Gasteiger partial charge in [-0.05, 0) is 49.4 Å². The van der Waals surface area contributed by atoms with E-state index in [0.717, 1.165) is 114 Å². The summed E-state index contributed by atoms with van der Waals surface area (Å²) in [5.74, 6) is 1.09. The summed E-state index contributed by atoms with van der Waals surface area (Å²) in [6.07, 6.45) is 65.4. The number of aliphatic hydroxyl groups excluding tert-OH is 1. The smallest absolute Gasteiger partial charge is 0.462 e. The third kappa shape index (κ3) is 77.4. The van der Waals surface area contributed by atoms with E-state index in [2.05, 4.69) is 55.4 Å². The molecule has 106 heavy (non-hydrogen) atoms. The molecule has 0 saturated heterocycles. The van der Waals surface area contributed by atoms with Crippen LogP contribution in [0.5, 0.6) is 0 Å². The standard InChI is InChI=1S/C87H170O17P2/c1-9-79(7)65-57-49-40-34-28-22-15-13-11-12-14-16-24-30-36-42-51-59-67-84(89)97-73-82(103-86(91)69-62-54-44-38-32-26-20-18-23-29-35-41-50-58-66-80(8)10-2)75-101-105(93,94)99-71-81(88)72-100-106(95,96)102-76-83(74-98-85(90)68-60-52-46-45-48-56-64-78(5)6)104-87(92)70-61-53-43-37-31-25-19-17-21-27-33-39-47-55-63-77(3)4/h77-83,88H,9-76H2,1-8H3,(H,93,94)(H,95,96)/t79?,80?,81-,82-,83-/m1/s1. The molecule has 0 aliphatic rings. The Bertz CT molecular complexity index is 2060. The molecule has 7 atom stereocenters. The number of carbonyl (C=O) groups is 4. The van der Waals surface area contributed by atoms with E-state index in [1.54, 1.807) is 0 Å². The van der Waals surface area contributed by atoms with Gasteiger partial charge < -0.3 is 33.8 Å². The molecule has 0 aliphatic heterocycles. The summed E-state index contributed by atoms with van der Waals surface area (Å²) in [5, 5.41) is 10.7. The maximum Gasteiger partial charge on any atom is 0.472 e. The molecule has 630 valence electrons. The molecule has 19 heteroatoms. The number of carbonyl (C=O) groups excluding carboxylic acids is 4. The third-order valence-corrected chi connectivity index (χ3v) is 22.9. The van der Waals surface area contributed by atoms with Gasteiger partial charge in [-0.2, -0.15) is 0 Å². The summed E-state index contributed by atoms with van der Waals surface area (Å²) in [5.41, 5.74) is 0. The molecule has 3 N–H and O–H groups in total. The van der Waals surface area contributed by atoms with Crippen molar-refractivity contribution in [1.82, 2.24) is 0 Å². The van der Waals surface area contributed by atoms with E-state index in [1.165, 1.54) is 250 Å². The summed E-state index contributed by atoms with van der Waals surface area (Å²) in [7, 11) is -9.93. The fourth-order valence-electron chi connectivity index (χ4n) is 13.4. The number of unbranched alkanes of at least 4 members (excludes halogenated alkanes) is 48. The van der Waals surface area contributed by atoms with Crippen LogP contribution in [0.4, 0.5) is 0 Å². The Kier molecular flexibility index (Phi) is 74.3. The van der Waals surface area contributed by atoms with Crippen LogP contribution >= 0.6 is 15.6 Å². The lowest BCUT2D eigenvalue weighted by atomic mass is 9.99. The molecular weight excluding hydrogens is 1380 g/mol. The predicted octanol–water partition coefficient (Wildman–Crippen LogP) is 26.3. The summed E-state index contributed by atoms with van der Waals surface area (Å²) < 4.78 is 68.9. The highest BCUT2D eigenvalue weighted by Crippen LogP contribution is 2.45. The number of ether oxygens (including phenoxy) is 4. The summed E-state index contributed by atoms with van der Waals surface area (Å²) in [4.78, 5) is 73.2. The Labute approximate surface area is 651 Å². The Balaban J connectivity index is 5.20. The van der Waals surface area contributed by atoms with Gasteiger partial charge in [-0.15, -0.1) is 0 Å². The van der Waals surface area contributed by atoms with Crippen molar-refractivity contribution in [2.24, 2.45) is 23.7 Å². The first-order valence-electron chi connectivity index (χ1n) is 44.8. The number of aliphatic hydroxyl groups is 1. The summed E-state index contributed by atoms with van der Waals surface area (Å²) in [6, 6.07) is 0. The van der Waals surface area contributed by atoms with Crippen LogP contribution in [0, 0.1) is 23.7 Å². The third-order valence-electron chi connectivity index (χ3n) is 21.0. The SMILES string of the molecule is CCC(C)CCCCCCCCCCCCCCCCCCCCC(=O)OC[C@H](COP(=O)(O)OC[C@@H](O)COP(=O)(O)OC[C@@H](COC(=O)CCCCCCCCC(C)C)OC(=O)CCCCCCCCCCCCCCCCC(C)C)OC(=O)CCCCCCCCCCCCCCCCC(C)CC. The largest absolute Gasteiger partial charge is 0.472 e. The molecule has 0 fully saturated rings. The molecule has 0 spiro atoms. The van der Waals surface area contributed by atoms with Crippen molar-refractivity contribution in [3.63, 3.8) is 0 Å². The highest BCUT2D eigenvalue weighted by atomic mass is 31.2. The fourth-order valence-corrected chi connectivity index (χ4v) is 15.0. The topological polar surface area (TPSA) is 237 Å². The van der Waals surface area contributed by atoms with Crippen LogP contribution in [-0.2, 0) is 65.4 Å². The average molecular weight is 1550 g/mol. The second-order valence-corrected chi connectivity index (χ2v) is 35.6. The number of hydrogen-bond acceptors (Lipinski definition) is 15. The van der Waals surface area contributed by atoms with Crippen LogP contribution in [0.2, 0.25) is 0 Å². The Morgan fingerprint density at radius 1 is 0.264 bits per heavy atom. The van der Waals surface area contributed by atoms with E-state index in [1.807, 2.05) is 0 Å². The lowest BCUT2D eigenvalue weighted by Gasteiger charge is -2.21. The van der Waals surface area contributed by atoms with Crippen molar-refractivity contribution < 1.29 is 80.2 Å². The molecule has 0 aromatic heterocycles. The zero-order valence-corrected chi connectivity index (χ0v) is 71.9. The lowest BCUT2D eigenvalue weighted by molar-refractivity contribution is -0.161. The first kappa shape index (κ1) is 104. The first-order chi connectivity index (χ1) is 51.2. The molecule has 0 rings (SSSR count). The van der Waals surface area contributed by atoms with E-state index in [9.17, 15) is 43.2 Å². The molecule has 0 aromatic rings. The molecule has 0 amide bonds. The number of rotatable bonds is 84. The minimum absolute atomic E-state index is 0.106. The summed E-state index contributed by atoms with van der Waals surface area (Å²) in [6.45, 7) is 14.3. The van der Waals surface area contributed by atoms with Gasteiger partial charge in [0.1, 0.15) is 19.3 Å². The Morgan fingerprint density at radius 2 is 0.453 bits per heavy atom. The van der Waals surface area contributed by atoms with Crippen molar-refractivity contribution in [2.45, 2.75) is 472 Å². The number of phosphoric ester groups is 2. The van der Waals surface area contributed by atoms with Gasteiger partial charge in [-0.1, -0.05) is 402 Å². The number of esters is 4. The minimum Gasteiger partial charge on any atom is -0.462 e. The Morgan fingerprint density at radius 3 is 0.670 bits per heavy atom. The van der Waals surface area contributed by atoms with Crippen molar-refractivity contribution in [1.29, 1.82) is 0 Å². The van der Waals surface area contributed by atoms with E-state index in [4.69, 9.17) is 37.0 Å². The van der Waals surface area contributed by atoms with Gasteiger partial charge in [0.2, 0.25) is 0 Å². The Hall–Kier alpha value is -1.94. The molecule has 17 nitrogen and oxygen atoms in total. The highest BCUT2D eigenvalue weighted by Gasteiger charge is 2.31. The van der Waals surface area contributed by atoms with E-state index in [-0.39, 0.29) is 25.7 Å². The second-order valence-electron chi connectivity index (χ2n) is 32.7. The van der Waals surface area contributed by atoms with Crippen LogP contribution in [0.1, 0.15) is 453 Å². The van der Waals surface area contributed by atoms with Gasteiger partial charge in [0.15, 0.2) is 12.2 Å². The van der Waals surface area contributed by atoms with E-state index in [0.29, 0.717) is 31.6 Å². The van der Waals surface area contributed by atoms with Gasteiger partial charge in [0, 0.05) is 25.7 Å². The molecule has 4 unspecified atom stereocenters. The zero-order chi connectivity index (χ0) is 78.1. The minimum atomic E-state index is -4.97. The van der Waals surface area contributed by atoms with Crippen LogP contribution < -0.4 is 0 Å². The molecular formula is C87H170O17P2. The molecule has 0 aliphatic carbocycles. The van der Waals surface area contributed by atoms with Gasteiger partial charge in [0.25, 0.3) is 0 Å². The maximum atomic E-state index is 13.1. The number of phosphoric acid groups is 2. The van der Waals surface area contributed by atoms with Crippen LogP contribution in [0.15, 0.2) is 0 Å². The number of hydrogen-bond donors (Lipinski definition) is 3. The quantitative estimate of drug-likeness (QED) is 0.0222. The summed E-state index contributed by atoms with van der Waals surface area (Å²) >= 11 is 0. The van der Waals surface area contributed by atoms with Crippen molar-refractivity contribution in [3.05, 3.63) is 0 Å².